The summed E-state index contributed by atoms with van der Waals surface area (Å²) < 4.78 is 5.10. The molecule has 1 aromatic heterocycles. The minimum absolute atomic E-state index is 0.115. The average Bonchev–Trinajstić information content (AvgIpc) is 3.17. The molecule has 4 amide bonds. The van der Waals surface area contributed by atoms with E-state index in [1.165, 1.54) is 6.20 Å². The van der Waals surface area contributed by atoms with Crippen LogP contribution in [0.15, 0.2) is 36.5 Å². The van der Waals surface area contributed by atoms with E-state index >= 15 is 0 Å². The van der Waals surface area contributed by atoms with Gasteiger partial charge in [-0.3, -0.25) is 19.7 Å². The smallest absolute Gasteiger partial charge is 0.407 e. The summed E-state index contributed by atoms with van der Waals surface area (Å²) in [4.78, 5) is 51.2. The molecule has 2 aromatic rings. The van der Waals surface area contributed by atoms with Crippen LogP contribution in [0, 0.1) is 0 Å². The number of alkyl carbamates (subject to hydrolysis) is 1. The predicted octanol–water partition coefficient (Wildman–Crippen LogP) is 1.10. The first-order valence-electron chi connectivity index (χ1n) is 8.55. The number of aromatic nitrogens is 1. The molecule has 28 heavy (non-hydrogen) atoms. The lowest BCUT2D eigenvalue weighted by molar-refractivity contribution is -0.134. The summed E-state index contributed by atoms with van der Waals surface area (Å²) in [6.07, 6.45) is 1.22. The predicted molar refractivity (Wildman–Crippen MR) is 99.2 cm³/mol. The van der Waals surface area contributed by atoms with Crippen molar-refractivity contribution in [3.63, 3.8) is 0 Å². The summed E-state index contributed by atoms with van der Waals surface area (Å²) in [5.74, 6) is -1.32. The van der Waals surface area contributed by atoms with Crippen LogP contribution in [0.25, 0.3) is 0 Å². The van der Waals surface area contributed by atoms with Gasteiger partial charge in [-0.25, -0.2) is 9.78 Å². The van der Waals surface area contributed by atoms with Crippen molar-refractivity contribution in [3.05, 3.63) is 52.0 Å². The Kier molecular flexibility index (Phi) is 6.33. The van der Waals surface area contributed by atoms with Gasteiger partial charge in [-0.2, -0.15) is 0 Å². The number of piperidine rings is 1. The molecule has 3 N–H and O–H groups in total. The van der Waals surface area contributed by atoms with E-state index in [1.54, 1.807) is 0 Å². The first-order valence-corrected chi connectivity index (χ1v) is 9.37. The number of thiazole rings is 1. The number of nitrogens with one attached hydrogen (secondary N) is 3. The Bertz CT molecular complexity index is 883. The number of amides is 4. The fourth-order valence-corrected chi connectivity index (χ4v) is 3.24. The number of imide groups is 1. The Morgan fingerprint density at radius 3 is 2.79 bits per heavy atom. The van der Waals surface area contributed by atoms with Crippen molar-refractivity contribution in [2.45, 2.75) is 32.0 Å². The SMILES string of the molecule is O=C1CCC(NC(=O)c2cnc(CNC(=O)OCc3ccccc3)s2)C(=O)N1. The van der Waals surface area contributed by atoms with E-state index in [0.29, 0.717) is 9.88 Å². The summed E-state index contributed by atoms with van der Waals surface area (Å²) >= 11 is 1.10. The van der Waals surface area contributed by atoms with Crippen molar-refractivity contribution < 1.29 is 23.9 Å². The molecule has 1 unspecified atom stereocenters. The fourth-order valence-electron chi connectivity index (χ4n) is 2.48. The molecule has 1 aliphatic heterocycles. The molecule has 146 valence electrons. The largest absolute Gasteiger partial charge is 0.445 e. The van der Waals surface area contributed by atoms with Crippen LogP contribution in [0.4, 0.5) is 4.79 Å². The molecule has 1 atom stereocenters. The second-order valence-corrected chi connectivity index (χ2v) is 7.13. The van der Waals surface area contributed by atoms with Crippen LogP contribution in [0.2, 0.25) is 0 Å². The number of carbonyl (C=O) groups excluding carboxylic acids is 4. The Morgan fingerprint density at radius 1 is 1.25 bits per heavy atom. The lowest BCUT2D eigenvalue weighted by Crippen LogP contribution is -2.52. The van der Waals surface area contributed by atoms with Crippen LogP contribution in [0.5, 0.6) is 0 Å². The second kappa shape index (κ2) is 9.09. The van der Waals surface area contributed by atoms with Crippen molar-refractivity contribution in [1.29, 1.82) is 0 Å². The third-order valence-corrected chi connectivity index (χ3v) is 4.91. The zero-order valence-corrected chi connectivity index (χ0v) is 15.6. The van der Waals surface area contributed by atoms with Gasteiger partial charge in [0.15, 0.2) is 0 Å². The van der Waals surface area contributed by atoms with E-state index in [1.807, 2.05) is 30.3 Å². The van der Waals surface area contributed by atoms with Crippen molar-refractivity contribution in [3.8, 4) is 0 Å². The summed E-state index contributed by atoms with van der Waals surface area (Å²) in [5, 5.41) is 7.85. The van der Waals surface area contributed by atoms with E-state index in [2.05, 4.69) is 20.9 Å². The zero-order chi connectivity index (χ0) is 19.9. The molecule has 9 nitrogen and oxygen atoms in total. The molecule has 0 saturated carbocycles. The van der Waals surface area contributed by atoms with Crippen LogP contribution in [-0.2, 0) is 27.5 Å². The van der Waals surface area contributed by atoms with Crippen molar-refractivity contribution in [2.24, 2.45) is 0 Å². The van der Waals surface area contributed by atoms with Gasteiger partial charge in [0.05, 0.1) is 12.7 Å². The molecule has 0 spiro atoms. The van der Waals surface area contributed by atoms with E-state index in [9.17, 15) is 19.2 Å². The highest BCUT2D eigenvalue weighted by atomic mass is 32.1. The molecule has 0 radical (unpaired) electrons. The van der Waals surface area contributed by atoms with Gasteiger partial charge >= 0.3 is 6.09 Å². The van der Waals surface area contributed by atoms with Crippen molar-refractivity contribution >= 4 is 35.2 Å². The molecular weight excluding hydrogens is 384 g/mol. The lowest BCUT2D eigenvalue weighted by Gasteiger charge is -2.21. The number of hydrogen-bond acceptors (Lipinski definition) is 7. The van der Waals surface area contributed by atoms with Crippen LogP contribution in [0.3, 0.4) is 0 Å². The first kappa shape index (κ1) is 19.5. The van der Waals surface area contributed by atoms with Crippen LogP contribution < -0.4 is 16.0 Å². The molecule has 1 saturated heterocycles. The van der Waals surface area contributed by atoms with Gasteiger partial charge in [0.2, 0.25) is 11.8 Å². The van der Waals surface area contributed by atoms with E-state index in [4.69, 9.17) is 4.74 Å². The summed E-state index contributed by atoms with van der Waals surface area (Å²) in [6, 6.07) is 8.53. The lowest BCUT2D eigenvalue weighted by atomic mass is 10.1. The van der Waals surface area contributed by atoms with Gasteiger partial charge < -0.3 is 15.4 Å². The number of rotatable bonds is 6. The molecule has 2 heterocycles. The van der Waals surface area contributed by atoms with Crippen LogP contribution >= 0.6 is 11.3 Å². The molecule has 10 heteroatoms. The van der Waals surface area contributed by atoms with Gasteiger partial charge in [-0.05, 0) is 12.0 Å². The number of nitrogens with zero attached hydrogens (tertiary/aromatic N) is 1. The Balaban J connectivity index is 1.44. The minimum atomic E-state index is -0.748. The Morgan fingerprint density at radius 2 is 2.04 bits per heavy atom. The minimum Gasteiger partial charge on any atom is -0.445 e. The fraction of sp³-hybridized carbons (Fsp3) is 0.278. The second-order valence-electron chi connectivity index (χ2n) is 6.01. The first-order chi connectivity index (χ1) is 13.5. The maximum atomic E-state index is 12.2. The van der Waals surface area contributed by atoms with Crippen LogP contribution in [-0.4, -0.2) is 34.8 Å². The van der Waals surface area contributed by atoms with E-state index in [-0.39, 0.29) is 31.9 Å². The molecule has 0 aliphatic carbocycles. The van der Waals surface area contributed by atoms with E-state index < -0.39 is 23.9 Å². The van der Waals surface area contributed by atoms with E-state index in [0.717, 1.165) is 16.9 Å². The molecule has 1 aromatic carbocycles. The third kappa shape index (κ3) is 5.36. The quantitative estimate of drug-likeness (QED) is 0.621. The molecule has 3 rings (SSSR count). The van der Waals surface area contributed by atoms with Gasteiger partial charge in [0, 0.05) is 6.42 Å². The molecule has 1 fully saturated rings. The number of benzene rings is 1. The number of carbonyl (C=O) groups is 4. The molecular formula is C18H18N4O5S. The Labute approximate surface area is 164 Å². The van der Waals surface area contributed by atoms with Gasteiger partial charge in [0.1, 0.15) is 22.5 Å². The summed E-state index contributed by atoms with van der Waals surface area (Å²) in [6.45, 7) is 0.272. The molecule has 1 aliphatic rings. The average molecular weight is 402 g/mol. The number of hydrogen-bond donors (Lipinski definition) is 3. The number of ether oxygens (including phenoxy) is 1. The monoisotopic (exact) mass is 402 g/mol. The normalized spacial score (nSPS) is 16.2. The molecule has 0 bridgehead atoms. The maximum Gasteiger partial charge on any atom is 0.407 e. The highest BCUT2D eigenvalue weighted by Crippen LogP contribution is 2.14. The third-order valence-electron chi connectivity index (χ3n) is 3.92. The summed E-state index contributed by atoms with van der Waals surface area (Å²) in [5.41, 5.74) is 0.874. The highest BCUT2D eigenvalue weighted by molar-refractivity contribution is 7.13. The van der Waals surface area contributed by atoms with Crippen molar-refractivity contribution in [1.82, 2.24) is 20.9 Å². The van der Waals surface area contributed by atoms with Gasteiger partial charge in [-0.1, -0.05) is 30.3 Å². The summed E-state index contributed by atoms with van der Waals surface area (Å²) in [7, 11) is 0. The van der Waals surface area contributed by atoms with Crippen molar-refractivity contribution in [2.75, 3.05) is 0 Å². The topological polar surface area (TPSA) is 126 Å². The zero-order valence-electron chi connectivity index (χ0n) is 14.8. The standard InChI is InChI=1S/C18H18N4O5S/c23-14-7-6-12(16(24)22-14)21-17(25)13-8-19-15(28-13)9-20-18(26)27-10-11-4-2-1-3-5-11/h1-5,8,12H,6-7,9-10H2,(H,20,26)(H,21,25)(H,22,23,24). The van der Waals surface area contributed by atoms with Crippen LogP contribution in [0.1, 0.15) is 33.1 Å². The highest BCUT2D eigenvalue weighted by Gasteiger charge is 2.28. The Hall–Kier alpha value is -3.27. The maximum absolute atomic E-state index is 12.2. The van der Waals surface area contributed by atoms with Gasteiger partial charge in [0.25, 0.3) is 5.91 Å². The van der Waals surface area contributed by atoms with Gasteiger partial charge in [-0.15, -0.1) is 11.3 Å².